The van der Waals surface area contributed by atoms with Crippen molar-refractivity contribution in [1.82, 2.24) is 10.2 Å². The normalized spacial score (nSPS) is 17.0. The lowest BCUT2D eigenvalue weighted by Crippen LogP contribution is -2.49. The van der Waals surface area contributed by atoms with Gasteiger partial charge in [0.05, 0.1) is 31.9 Å². The van der Waals surface area contributed by atoms with Gasteiger partial charge in [0.1, 0.15) is 0 Å². The van der Waals surface area contributed by atoms with Crippen LogP contribution in [0.2, 0.25) is 0 Å². The fraction of sp³-hybridized carbons (Fsp3) is 0.600. The first kappa shape index (κ1) is 17.8. The van der Waals surface area contributed by atoms with Gasteiger partial charge in [0.25, 0.3) is 0 Å². The molecule has 3 rings (SSSR count). The number of guanidine groups is 1. The number of urea groups is 1. The maximum atomic E-state index is 12.8. The van der Waals surface area contributed by atoms with Gasteiger partial charge in [-0.2, -0.15) is 5.32 Å². The molecule has 0 aromatic heterocycles. The van der Waals surface area contributed by atoms with Crippen molar-refractivity contribution in [1.29, 1.82) is 0 Å². The lowest BCUT2D eigenvalue weighted by Gasteiger charge is -2.18. The molecule has 2 aliphatic rings. The smallest absolute Gasteiger partial charge is 0.294 e. The van der Waals surface area contributed by atoms with E-state index in [0.717, 1.165) is 50.7 Å². The van der Waals surface area contributed by atoms with Gasteiger partial charge in [-0.15, -0.1) is 0 Å². The lowest BCUT2D eigenvalue weighted by molar-refractivity contribution is -0.512. The zero-order chi connectivity index (χ0) is 17.6. The quantitative estimate of drug-likeness (QED) is 0.654. The second-order valence-corrected chi connectivity index (χ2v) is 6.95. The van der Waals surface area contributed by atoms with Crippen molar-refractivity contribution in [3.05, 3.63) is 29.3 Å². The summed E-state index contributed by atoms with van der Waals surface area (Å²) >= 11 is 0. The Morgan fingerprint density at radius 2 is 1.64 bits per heavy atom. The summed E-state index contributed by atoms with van der Waals surface area (Å²) < 4.78 is 2.33. The first-order valence-corrected chi connectivity index (χ1v) is 9.78. The first-order chi connectivity index (χ1) is 12.2. The van der Waals surface area contributed by atoms with Crippen LogP contribution in [0, 0.1) is 0 Å². The third-order valence-electron chi connectivity index (χ3n) is 5.27. The number of hydrogen-bond donors (Lipinski definition) is 2. The number of carbonyl (C=O) groups is 1. The number of nitrogens with zero attached hydrogens (tertiary/aromatic N) is 2. The number of nitrogens with one attached hydrogen (secondary N) is 2. The molecule has 0 saturated carbocycles. The van der Waals surface area contributed by atoms with Crippen LogP contribution in [0.4, 0.5) is 10.5 Å². The van der Waals surface area contributed by atoms with E-state index in [4.69, 9.17) is 0 Å². The number of amides is 2. The van der Waals surface area contributed by atoms with E-state index in [2.05, 4.69) is 52.2 Å². The molecule has 0 bridgehead atoms. The van der Waals surface area contributed by atoms with Crippen molar-refractivity contribution in [2.24, 2.45) is 0 Å². The summed E-state index contributed by atoms with van der Waals surface area (Å²) in [6, 6.07) is 6.15. The molecule has 1 aromatic rings. The van der Waals surface area contributed by atoms with E-state index >= 15 is 0 Å². The maximum absolute atomic E-state index is 12.8. The van der Waals surface area contributed by atoms with E-state index in [1.807, 2.05) is 0 Å². The van der Waals surface area contributed by atoms with Crippen LogP contribution in [0.25, 0.3) is 0 Å². The molecule has 0 aliphatic carbocycles. The number of likely N-dealkylation sites (tertiary alicyclic amines) is 1. The molecule has 5 heteroatoms. The number of benzene rings is 1. The summed E-state index contributed by atoms with van der Waals surface area (Å²) in [5.74, 6) is 1.000. The third-order valence-corrected chi connectivity index (χ3v) is 5.27. The van der Waals surface area contributed by atoms with Gasteiger partial charge in [-0.3, -0.25) is 14.8 Å². The Morgan fingerprint density at radius 1 is 1.04 bits per heavy atom. The molecule has 0 unspecified atom stereocenters. The highest BCUT2D eigenvalue weighted by atomic mass is 16.2. The summed E-state index contributed by atoms with van der Waals surface area (Å²) in [7, 11) is 0. The molecule has 25 heavy (non-hydrogen) atoms. The summed E-state index contributed by atoms with van der Waals surface area (Å²) in [5.41, 5.74) is 3.36. The molecule has 2 N–H and O–H groups in total. The average Bonchev–Trinajstić information content (AvgIpc) is 3.33. The van der Waals surface area contributed by atoms with Gasteiger partial charge < -0.3 is 0 Å². The molecule has 1 aromatic carbocycles. The van der Waals surface area contributed by atoms with Crippen LogP contribution in [-0.2, 0) is 12.8 Å². The van der Waals surface area contributed by atoms with Crippen LogP contribution in [0.5, 0.6) is 0 Å². The molecule has 5 nitrogen and oxygen atoms in total. The Balaban J connectivity index is 1.78. The molecule has 0 spiro atoms. The van der Waals surface area contributed by atoms with E-state index in [-0.39, 0.29) is 6.03 Å². The first-order valence-electron chi connectivity index (χ1n) is 9.78. The van der Waals surface area contributed by atoms with Crippen molar-refractivity contribution in [2.45, 2.75) is 52.4 Å². The highest BCUT2D eigenvalue weighted by Crippen LogP contribution is 2.22. The largest absolute Gasteiger partial charge is 0.384 e. The van der Waals surface area contributed by atoms with Crippen LogP contribution < -0.4 is 10.6 Å². The number of anilines is 1. The molecule has 136 valence electrons. The number of hydrogen-bond acceptors (Lipinski definition) is 1. The average molecular weight is 343 g/mol. The molecular weight excluding hydrogens is 312 g/mol. The predicted octanol–water partition coefficient (Wildman–Crippen LogP) is 3.19. The summed E-state index contributed by atoms with van der Waals surface area (Å²) in [6.07, 6.45) is 6.66. The molecule has 0 atom stereocenters. The minimum Gasteiger partial charge on any atom is -0.294 e. The molecule has 2 saturated heterocycles. The monoisotopic (exact) mass is 343 g/mol. The van der Waals surface area contributed by atoms with Gasteiger partial charge >= 0.3 is 12.0 Å². The van der Waals surface area contributed by atoms with E-state index in [9.17, 15) is 4.79 Å². The topological polar surface area (TPSA) is 47.4 Å². The van der Waals surface area contributed by atoms with Gasteiger partial charge in [-0.05, 0) is 49.7 Å². The fourth-order valence-corrected chi connectivity index (χ4v) is 3.87. The molecular formula is C20H31N4O+. The number of rotatable bonds is 3. The lowest BCUT2D eigenvalue weighted by atomic mass is 10.0. The van der Waals surface area contributed by atoms with Gasteiger partial charge in [0.15, 0.2) is 0 Å². The number of para-hydroxylation sites is 1. The van der Waals surface area contributed by atoms with E-state index in [1.54, 1.807) is 0 Å². The summed E-state index contributed by atoms with van der Waals surface area (Å²) in [5, 5.41) is 6.30. The highest BCUT2D eigenvalue weighted by molar-refractivity contribution is 6.01. The van der Waals surface area contributed by atoms with Crippen molar-refractivity contribution < 1.29 is 9.37 Å². The molecule has 2 aliphatic heterocycles. The SMILES string of the molecule is CCc1cccc(CC)c1NC(=O)NC(N1CCCC1)=[N+]1CCCC1. The second-order valence-electron chi connectivity index (χ2n) is 6.95. The van der Waals surface area contributed by atoms with Crippen LogP contribution in [0.15, 0.2) is 18.2 Å². The Kier molecular flexibility index (Phi) is 5.95. The summed E-state index contributed by atoms with van der Waals surface area (Å²) in [4.78, 5) is 15.1. The van der Waals surface area contributed by atoms with Crippen LogP contribution >= 0.6 is 0 Å². The Hall–Kier alpha value is -2.04. The third kappa shape index (κ3) is 4.14. The van der Waals surface area contributed by atoms with E-state index in [1.165, 1.54) is 36.8 Å². The predicted molar refractivity (Wildman–Crippen MR) is 102 cm³/mol. The summed E-state index contributed by atoms with van der Waals surface area (Å²) in [6.45, 7) is 8.42. The van der Waals surface area contributed by atoms with Crippen LogP contribution in [-0.4, -0.2) is 47.6 Å². The minimum atomic E-state index is -0.121. The molecule has 2 amide bonds. The second kappa shape index (κ2) is 8.37. The van der Waals surface area contributed by atoms with Crippen molar-refractivity contribution in [3.8, 4) is 0 Å². The zero-order valence-corrected chi connectivity index (χ0v) is 15.6. The number of carbonyl (C=O) groups excluding carboxylic acids is 1. The minimum absolute atomic E-state index is 0.121. The Labute approximate surface area is 151 Å². The Morgan fingerprint density at radius 3 is 2.20 bits per heavy atom. The molecule has 2 heterocycles. The fourth-order valence-electron chi connectivity index (χ4n) is 3.87. The van der Waals surface area contributed by atoms with Crippen molar-refractivity contribution in [3.63, 3.8) is 0 Å². The zero-order valence-electron chi connectivity index (χ0n) is 15.6. The standard InChI is InChI=1S/C20H30N4O/c1-3-16-10-9-11-17(4-2)18(16)21-19(25)22-20(23-12-5-6-13-23)24-14-7-8-15-24/h9-11H,3-8,12-15H2,1-2H3,(H,21,25)/p+1. The van der Waals surface area contributed by atoms with Gasteiger partial charge in [-0.25, -0.2) is 4.79 Å². The van der Waals surface area contributed by atoms with Crippen LogP contribution in [0.1, 0.15) is 50.7 Å². The van der Waals surface area contributed by atoms with Gasteiger partial charge in [0.2, 0.25) is 0 Å². The van der Waals surface area contributed by atoms with Gasteiger partial charge in [0, 0.05) is 0 Å². The maximum Gasteiger partial charge on any atom is 0.384 e. The van der Waals surface area contributed by atoms with Crippen LogP contribution in [0.3, 0.4) is 0 Å². The van der Waals surface area contributed by atoms with Crippen molar-refractivity contribution in [2.75, 3.05) is 31.5 Å². The molecule has 2 fully saturated rings. The van der Waals surface area contributed by atoms with E-state index < -0.39 is 0 Å². The number of aryl methyl sites for hydroxylation is 2. The van der Waals surface area contributed by atoms with Gasteiger partial charge in [-0.1, -0.05) is 32.0 Å². The Bertz CT molecular complexity index is 617. The highest BCUT2D eigenvalue weighted by Gasteiger charge is 2.29. The van der Waals surface area contributed by atoms with E-state index in [0.29, 0.717) is 0 Å². The van der Waals surface area contributed by atoms with Crippen molar-refractivity contribution >= 4 is 17.7 Å². The molecule has 0 radical (unpaired) electrons.